The standard InChI is InChI=1S/C8H18N4OS/c1-5-9-8(14)11-10-7(13)6-12(2,3)4/h5-6H2,1-4H3,(H2-,9,10,11,13,14)/p+1. The van der Waals surface area contributed by atoms with Crippen LogP contribution in [0.4, 0.5) is 0 Å². The fraction of sp³-hybridized carbons (Fsp3) is 0.750. The van der Waals surface area contributed by atoms with Crippen molar-refractivity contribution in [3.63, 3.8) is 0 Å². The third-order valence-corrected chi connectivity index (χ3v) is 1.52. The third kappa shape index (κ3) is 7.75. The molecule has 0 saturated heterocycles. The number of hydrogen-bond donors (Lipinski definition) is 3. The Bertz CT molecular complexity index is 212. The van der Waals surface area contributed by atoms with E-state index in [0.717, 1.165) is 6.54 Å². The van der Waals surface area contributed by atoms with Crippen molar-refractivity contribution >= 4 is 23.2 Å². The summed E-state index contributed by atoms with van der Waals surface area (Å²) >= 11 is 4.87. The van der Waals surface area contributed by atoms with Gasteiger partial charge in [0.1, 0.15) is 0 Å². The summed E-state index contributed by atoms with van der Waals surface area (Å²) in [6.45, 7) is 3.07. The Morgan fingerprint density at radius 1 is 1.29 bits per heavy atom. The maximum atomic E-state index is 11.3. The fourth-order valence-electron chi connectivity index (χ4n) is 0.802. The average Bonchev–Trinajstić information content (AvgIpc) is 1.98. The molecule has 0 aliphatic heterocycles. The van der Waals surface area contributed by atoms with Gasteiger partial charge in [0.2, 0.25) is 0 Å². The molecule has 0 spiro atoms. The van der Waals surface area contributed by atoms with E-state index in [0.29, 0.717) is 16.1 Å². The average molecular weight is 219 g/mol. The topological polar surface area (TPSA) is 53.2 Å². The van der Waals surface area contributed by atoms with Crippen molar-refractivity contribution < 1.29 is 9.28 Å². The van der Waals surface area contributed by atoms with E-state index in [4.69, 9.17) is 12.2 Å². The van der Waals surface area contributed by atoms with Gasteiger partial charge in [0.15, 0.2) is 11.7 Å². The van der Waals surface area contributed by atoms with Crippen molar-refractivity contribution in [3.8, 4) is 0 Å². The van der Waals surface area contributed by atoms with Crippen LogP contribution in [0.1, 0.15) is 6.92 Å². The Kier molecular flexibility index (Phi) is 5.40. The summed E-state index contributed by atoms with van der Waals surface area (Å²) in [4.78, 5) is 11.3. The summed E-state index contributed by atoms with van der Waals surface area (Å²) in [6.07, 6.45) is 0. The molecule has 0 radical (unpaired) electrons. The van der Waals surface area contributed by atoms with Gasteiger partial charge in [-0.2, -0.15) is 0 Å². The van der Waals surface area contributed by atoms with Crippen LogP contribution in [0.3, 0.4) is 0 Å². The van der Waals surface area contributed by atoms with Crippen molar-refractivity contribution in [1.82, 2.24) is 16.2 Å². The van der Waals surface area contributed by atoms with E-state index in [1.165, 1.54) is 0 Å². The zero-order valence-electron chi connectivity index (χ0n) is 9.18. The van der Waals surface area contributed by atoms with Crippen LogP contribution >= 0.6 is 12.2 Å². The molecule has 0 aromatic carbocycles. The number of quaternary nitrogens is 1. The molecule has 0 unspecified atom stereocenters. The highest BCUT2D eigenvalue weighted by Crippen LogP contribution is 1.86. The third-order valence-electron chi connectivity index (χ3n) is 1.27. The highest BCUT2D eigenvalue weighted by Gasteiger charge is 2.13. The SMILES string of the molecule is CCNC(=S)NNC(=O)C[N+](C)(C)C. The summed E-state index contributed by atoms with van der Waals surface area (Å²) in [5.41, 5.74) is 5.13. The Hall–Kier alpha value is -0.880. The van der Waals surface area contributed by atoms with Crippen LogP contribution in [-0.2, 0) is 4.79 Å². The number of carbonyl (C=O) groups excluding carboxylic acids is 1. The molecular weight excluding hydrogens is 200 g/mol. The summed E-state index contributed by atoms with van der Waals surface area (Å²) in [7, 11) is 5.84. The molecule has 0 atom stereocenters. The van der Waals surface area contributed by atoms with E-state index in [9.17, 15) is 4.79 Å². The lowest BCUT2D eigenvalue weighted by Crippen LogP contribution is -2.52. The second-order valence-corrected chi connectivity index (χ2v) is 4.39. The maximum absolute atomic E-state index is 11.3. The summed E-state index contributed by atoms with van der Waals surface area (Å²) in [5.74, 6) is -0.0854. The molecular formula is C8H19N4OS+. The number of nitrogens with zero attached hydrogens (tertiary/aromatic N) is 1. The summed E-state index contributed by atoms with van der Waals surface area (Å²) in [6, 6.07) is 0. The second kappa shape index (κ2) is 5.77. The zero-order valence-corrected chi connectivity index (χ0v) is 9.99. The van der Waals surface area contributed by atoms with Crippen molar-refractivity contribution in [2.75, 3.05) is 34.2 Å². The van der Waals surface area contributed by atoms with Crippen molar-refractivity contribution in [2.24, 2.45) is 0 Å². The Morgan fingerprint density at radius 3 is 2.29 bits per heavy atom. The van der Waals surface area contributed by atoms with Crippen molar-refractivity contribution in [1.29, 1.82) is 0 Å². The van der Waals surface area contributed by atoms with E-state index in [-0.39, 0.29) is 5.91 Å². The summed E-state index contributed by atoms with van der Waals surface area (Å²) < 4.78 is 0.585. The number of hydrogen-bond acceptors (Lipinski definition) is 2. The van der Waals surface area contributed by atoms with Crippen LogP contribution in [0.5, 0.6) is 0 Å². The lowest BCUT2D eigenvalue weighted by Gasteiger charge is -2.23. The van der Waals surface area contributed by atoms with Crippen molar-refractivity contribution in [2.45, 2.75) is 6.92 Å². The number of amides is 1. The monoisotopic (exact) mass is 219 g/mol. The van der Waals surface area contributed by atoms with Gasteiger partial charge in [0.25, 0.3) is 5.91 Å². The first kappa shape index (κ1) is 13.1. The Morgan fingerprint density at radius 2 is 1.86 bits per heavy atom. The van der Waals surface area contributed by atoms with Crippen LogP contribution in [0, 0.1) is 0 Å². The van der Waals surface area contributed by atoms with Gasteiger partial charge in [0.05, 0.1) is 21.1 Å². The molecule has 0 bridgehead atoms. The van der Waals surface area contributed by atoms with Gasteiger partial charge >= 0.3 is 0 Å². The smallest absolute Gasteiger partial charge is 0.293 e. The number of rotatable bonds is 3. The van der Waals surface area contributed by atoms with E-state index in [1.807, 2.05) is 28.1 Å². The molecule has 0 aliphatic carbocycles. The number of likely N-dealkylation sites (N-methyl/N-ethyl adjacent to an activating group) is 1. The lowest BCUT2D eigenvalue weighted by atomic mass is 10.5. The van der Waals surface area contributed by atoms with Crippen LogP contribution in [0.15, 0.2) is 0 Å². The first-order valence-corrected chi connectivity index (χ1v) is 4.89. The molecule has 0 aromatic rings. The lowest BCUT2D eigenvalue weighted by molar-refractivity contribution is -0.862. The maximum Gasteiger partial charge on any atom is 0.293 e. The minimum Gasteiger partial charge on any atom is -0.362 e. The Balaban J connectivity index is 3.70. The second-order valence-electron chi connectivity index (χ2n) is 3.98. The number of thiocarbonyl (C=S) groups is 1. The van der Waals surface area contributed by atoms with Gasteiger partial charge in [0, 0.05) is 6.54 Å². The van der Waals surface area contributed by atoms with E-state index in [1.54, 1.807) is 0 Å². The van der Waals surface area contributed by atoms with Crippen LogP contribution < -0.4 is 16.2 Å². The number of hydrazine groups is 1. The predicted molar refractivity (Wildman–Crippen MR) is 60.5 cm³/mol. The minimum atomic E-state index is -0.0854. The van der Waals surface area contributed by atoms with Gasteiger partial charge in [-0.25, -0.2) is 0 Å². The molecule has 82 valence electrons. The Labute approximate surface area is 90.4 Å². The first-order chi connectivity index (χ1) is 6.35. The zero-order chi connectivity index (χ0) is 11.2. The van der Waals surface area contributed by atoms with Crippen LogP contribution in [-0.4, -0.2) is 49.7 Å². The fourth-order valence-corrected chi connectivity index (χ4v) is 0.997. The molecule has 6 heteroatoms. The first-order valence-electron chi connectivity index (χ1n) is 4.48. The van der Waals surface area contributed by atoms with Crippen LogP contribution in [0.25, 0.3) is 0 Å². The van der Waals surface area contributed by atoms with Gasteiger partial charge in [-0.05, 0) is 19.1 Å². The highest BCUT2D eigenvalue weighted by molar-refractivity contribution is 7.80. The molecule has 14 heavy (non-hydrogen) atoms. The largest absolute Gasteiger partial charge is 0.362 e. The van der Waals surface area contributed by atoms with Gasteiger partial charge in [-0.15, -0.1) is 0 Å². The van der Waals surface area contributed by atoms with E-state index < -0.39 is 0 Å². The van der Waals surface area contributed by atoms with E-state index >= 15 is 0 Å². The van der Waals surface area contributed by atoms with Crippen molar-refractivity contribution in [3.05, 3.63) is 0 Å². The molecule has 0 saturated carbocycles. The molecule has 0 aliphatic rings. The van der Waals surface area contributed by atoms with Gasteiger partial charge in [-0.3, -0.25) is 15.6 Å². The summed E-state index contributed by atoms with van der Waals surface area (Å²) in [5, 5.41) is 3.30. The molecule has 3 N–H and O–H groups in total. The molecule has 0 rings (SSSR count). The highest BCUT2D eigenvalue weighted by atomic mass is 32.1. The van der Waals surface area contributed by atoms with E-state index in [2.05, 4.69) is 16.2 Å². The molecule has 5 nitrogen and oxygen atoms in total. The van der Waals surface area contributed by atoms with Gasteiger partial charge < -0.3 is 9.80 Å². The minimum absolute atomic E-state index is 0.0854. The molecule has 0 fully saturated rings. The molecule has 0 aromatic heterocycles. The molecule has 0 heterocycles. The number of nitrogens with one attached hydrogen (secondary N) is 3. The normalized spacial score (nSPS) is 10.6. The quantitative estimate of drug-likeness (QED) is 0.331. The number of carbonyl (C=O) groups is 1. The molecule has 1 amide bonds. The van der Waals surface area contributed by atoms with Crippen LogP contribution in [0.2, 0.25) is 0 Å². The predicted octanol–water partition coefficient (Wildman–Crippen LogP) is -0.792. The van der Waals surface area contributed by atoms with Gasteiger partial charge in [-0.1, -0.05) is 0 Å².